The molecular formula is C26H20FN3O4S. The van der Waals surface area contributed by atoms with Gasteiger partial charge in [-0.1, -0.05) is 24.3 Å². The first-order chi connectivity index (χ1) is 16.8. The Bertz CT molecular complexity index is 1500. The molecule has 0 unspecified atom stereocenters. The number of nitriles is 1. The van der Waals surface area contributed by atoms with E-state index in [1.54, 1.807) is 49.6 Å². The van der Waals surface area contributed by atoms with E-state index in [4.69, 9.17) is 14.6 Å². The van der Waals surface area contributed by atoms with Crippen molar-refractivity contribution in [3.05, 3.63) is 95.8 Å². The van der Waals surface area contributed by atoms with Gasteiger partial charge < -0.3 is 9.47 Å². The van der Waals surface area contributed by atoms with Gasteiger partial charge in [0.25, 0.3) is 0 Å². The Morgan fingerprint density at radius 2 is 1.60 bits per heavy atom. The van der Waals surface area contributed by atoms with Gasteiger partial charge in [-0.05, 0) is 65.7 Å². The fraction of sp³-hybridized carbons (Fsp3) is 0.0769. The number of rotatable bonds is 7. The Morgan fingerprint density at radius 3 is 2.17 bits per heavy atom. The monoisotopic (exact) mass is 489 g/mol. The first kappa shape index (κ1) is 23.9. The number of hydrogen-bond acceptors (Lipinski definition) is 6. The highest BCUT2D eigenvalue weighted by molar-refractivity contribution is 7.89. The first-order valence-electron chi connectivity index (χ1n) is 10.4. The number of benzene rings is 3. The summed E-state index contributed by atoms with van der Waals surface area (Å²) in [5, 5.41) is 15.0. The van der Waals surface area contributed by atoms with Gasteiger partial charge in [-0.3, -0.25) is 0 Å². The molecule has 0 fully saturated rings. The van der Waals surface area contributed by atoms with E-state index in [2.05, 4.69) is 11.1 Å². The van der Waals surface area contributed by atoms with Gasteiger partial charge in [-0.25, -0.2) is 22.9 Å². The average Bonchev–Trinajstić information content (AvgIpc) is 2.87. The molecule has 0 amide bonds. The molecule has 0 aliphatic rings. The van der Waals surface area contributed by atoms with Crippen LogP contribution in [0.2, 0.25) is 0 Å². The van der Waals surface area contributed by atoms with E-state index in [-0.39, 0.29) is 22.9 Å². The molecule has 0 spiro atoms. The van der Waals surface area contributed by atoms with Crippen LogP contribution in [0.3, 0.4) is 0 Å². The molecule has 1 aromatic heterocycles. The lowest BCUT2D eigenvalue weighted by atomic mass is 9.98. The van der Waals surface area contributed by atoms with Crippen LogP contribution in [0.4, 0.5) is 4.39 Å². The Balaban J connectivity index is 1.78. The van der Waals surface area contributed by atoms with Crippen LogP contribution in [-0.2, 0) is 16.6 Å². The minimum atomic E-state index is -3.86. The minimum absolute atomic E-state index is 0.0440. The minimum Gasteiger partial charge on any atom is -0.497 e. The Kier molecular flexibility index (Phi) is 6.78. The largest absolute Gasteiger partial charge is 0.497 e. The number of methoxy groups -OCH3 is 1. The van der Waals surface area contributed by atoms with E-state index in [9.17, 15) is 18.1 Å². The van der Waals surface area contributed by atoms with Gasteiger partial charge in [0, 0.05) is 11.1 Å². The van der Waals surface area contributed by atoms with Gasteiger partial charge in [0.15, 0.2) is 0 Å². The molecule has 2 N–H and O–H groups in total. The molecule has 35 heavy (non-hydrogen) atoms. The third-order valence-electron chi connectivity index (χ3n) is 5.25. The lowest BCUT2D eigenvalue weighted by Gasteiger charge is -2.14. The SMILES string of the molecule is COc1ccc(COc2nc(-c3ccc(F)cc3)c(-c3ccc(S(N)(=O)=O)cc3)cc2C#N)cc1. The molecule has 0 bridgehead atoms. The van der Waals surface area contributed by atoms with Crippen LogP contribution >= 0.6 is 0 Å². The summed E-state index contributed by atoms with van der Waals surface area (Å²) in [5.41, 5.74) is 3.22. The van der Waals surface area contributed by atoms with Crippen molar-refractivity contribution < 1.29 is 22.3 Å². The highest BCUT2D eigenvalue weighted by Gasteiger charge is 2.17. The first-order valence-corrected chi connectivity index (χ1v) is 11.9. The van der Waals surface area contributed by atoms with Crippen LogP contribution in [0.1, 0.15) is 11.1 Å². The number of sulfonamides is 1. The van der Waals surface area contributed by atoms with Gasteiger partial charge in [0.1, 0.15) is 29.8 Å². The second kappa shape index (κ2) is 9.93. The van der Waals surface area contributed by atoms with Crippen molar-refractivity contribution in [2.75, 3.05) is 7.11 Å². The molecule has 0 atom stereocenters. The predicted molar refractivity (Wildman–Crippen MR) is 128 cm³/mol. The van der Waals surface area contributed by atoms with E-state index in [0.29, 0.717) is 28.1 Å². The maximum atomic E-state index is 13.6. The molecular weight excluding hydrogens is 469 g/mol. The number of pyridine rings is 1. The summed E-state index contributed by atoms with van der Waals surface area (Å²) in [5.74, 6) is 0.422. The van der Waals surface area contributed by atoms with Crippen LogP contribution in [0.15, 0.2) is 83.8 Å². The number of nitrogens with two attached hydrogens (primary N) is 1. The molecule has 0 saturated heterocycles. The zero-order chi connectivity index (χ0) is 25.0. The van der Waals surface area contributed by atoms with Crippen molar-refractivity contribution in [2.45, 2.75) is 11.5 Å². The zero-order valence-corrected chi connectivity index (χ0v) is 19.4. The van der Waals surface area contributed by atoms with E-state index in [0.717, 1.165) is 5.56 Å². The molecule has 0 aliphatic carbocycles. The zero-order valence-electron chi connectivity index (χ0n) is 18.6. The molecule has 176 valence electrons. The summed E-state index contributed by atoms with van der Waals surface area (Å²) in [6.07, 6.45) is 0. The van der Waals surface area contributed by atoms with Gasteiger partial charge in [-0.15, -0.1) is 0 Å². The molecule has 0 radical (unpaired) electrons. The van der Waals surface area contributed by atoms with Crippen LogP contribution in [0, 0.1) is 17.1 Å². The summed E-state index contributed by atoms with van der Waals surface area (Å²) < 4.78 is 47.9. The van der Waals surface area contributed by atoms with Crippen LogP contribution in [0.25, 0.3) is 22.4 Å². The molecule has 9 heteroatoms. The van der Waals surface area contributed by atoms with E-state index in [1.807, 2.05) is 12.1 Å². The fourth-order valence-corrected chi connectivity index (χ4v) is 3.95. The maximum Gasteiger partial charge on any atom is 0.238 e. The predicted octanol–water partition coefficient (Wildman–Crippen LogP) is 4.66. The van der Waals surface area contributed by atoms with Crippen molar-refractivity contribution >= 4 is 10.0 Å². The lowest BCUT2D eigenvalue weighted by Crippen LogP contribution is -2.11. The van der Waals surface area contributed by atoms with Gasteiger partial charge in [0.05, 0.1) is 17.7 Å². The molecule has 4 rings (SSSR count). The Hall–Kier alpha value is -4.26. The maximum absolute atomic E-state index is 13.6. The number of halogens is 1. The van der Waals surface area contributed by atoms with E-state index >= 15 is 0 Å². The quantitative estimate of drug-likeness (QED) is 0.404. The second-order valence-electron chi connectivity index (χ2n) is 7.56. The number of nitrogens with zero attached hydrogens (tertiary/aromatic N) is 2. The van der Waals surface area contributed by atoms with Crippen LogP contribution in [-0.4, -0.2) is 20.5 Å². The van der Waals surface area contributed by atoms with Crippen molar-refractivity contribution in [1.82, 2.24) is 4.98 Å². The summed E-state index contributed by atoms with van der Waals surface area (Å²) >= 11 is 0. The Labute approximate surface area is 202 Å². The lowest BCUT2D eigenvalue weighted by molar-refractivity contribution is 0.293. The highest BCUT2D eigenvalue weighted by Crippen LogP contribution is 2.35. The van der Waals surface area contributed by atoms with Crippen molar-refractivity contribution in [3.63, 3.8) is 0 Å². The number of ether oxygens (including phenoxy) is 2. The Morgan fingerprint density at radius 1 is 0.971 bits per heavy atom. The van der Waals surface area contributed by atoms with Crippen LogP contribution in [0.5, 0.6) is 11.6 Å². The summed E-state index contributed by atoms with van der Waals surface area (Å²) in [4.78, 5) is 4.56. The van der Waals surface area contributed by atoms with Crippen molar-refractivity contribution in [1.29, 1.82) is 5.26 Å². The highest BCUT2D eigenvalue weighted by atomic mass is 32.2. The number of hydrogen-bond donors (Lipinski definition) is 1. The average molecular weight is 490 g/mol. The van der Waals surface area contributed by atoms with E-state index < -0.39 is 15.8 Å². The number of primary sulfonamides is 1. The molecule has 0 aliphatic heterocycles. The van der Waals surface area contributed by atoms with Gasteiger partial charge >= 0.3 is 0 Å². The molecule has 4 aromatic rings. The van der Waals surface area contributed by atoms with Crippen LogP contribution < -0.4 is 14.6 Å². The summed E-state index contributed by atoms with van der Waals surface area (Å²) in [7, 11) is -2.29. The smallest absolute Gasteiger partial charge is 0.238 e. The third-order valence-corrected chi connectivity index (χ3v) is 6.18. The normalized spacial score (nSPS) is 11.0. The summed E-state index contributed by atoms with van der Waals surface area (Å²) in [6, 6.07) is 22.6. The standard InChI is InChI=1S/C26H20FN3O4S/c1-33-22-10-2-17(3-11-22)16-34-26-20(15-28)14-24(18-6-12-23(13-7-18)35(29,31)32)25(30-26)19-4-8-21(27)9-5-19/h2-14H,16H2,1H3,(H2,29,31,32). The molecule has 3 aromatic carbocycles. The van der Waals surface area contributed by atoms with Crippen molar-refractivity contribution in [2.24, 2.45) is 5.14 Å². The number of aromatic nitrogens is 1. The van der Waals surface area contributed by atoms with Gasteiger partial charge in [0.2, 0.25) is 15.9 Å². The third kappa shape index (κ3) is 5.46. The summed E-state index contributed by atoms with van der Waals surface area (Å²) in [6.45, 7) is 0.164. The van der Waals surface area contributed by atoms with E-state index in [1.165, 1.54) is 24.3 Å². The molecule has 7 nitrogen and oxygen atoms in total. The second-order valence-corrected chi connectivity index (χ2v) is 9.12. The molecule has 1 heterocycles. The molecule has 0 saturated carbocycles. The van der Waals surface area contributed by atoms with Gasteiger partial charge in [-0.2, -0.15) is 5.26 Å². The fourth-order valence-electron chi connectivity index (χ4n) is 3.43. The topological polar surface area (TPSA) is 115 Å². The van der Waals surface area contributed by atoms with Crippen molar-refractivity contribution in [3.8, 4) is 40.1 Å².